The van der Waals surface area contributed by atoms with E-state index in [4.69, 9.17) is 14.9 Å². The van der Waals surface area contributed by atoms with Crippen LogP contribution in [0.4, 0.5) is 5.82 Å². The fourth-order valence-electron chi connectivity index (χ4n) is 3.36. The number of carbonyl (C=O) groups is 2. The monoisotopic (exact) mass is 419 g/mol. The van der Waals surface area contributed by atoms with E-state index < -0.39 is 17.0 Å². The molecule has 0 saturated carbocycles. The van der Waals surface area contributed by atoms with Gasteiger partial charge in [-0.2, -0.15) is 0 Å². The number of anilines is 1. The first-order valence-electron chi connectivity index (χ1n) is 9.54. The molecule has 30 heavy (non-hydrogen) atoms. The van der Waals surface area contributed by atoms with Crippen molar-refractivity contribution in [2.24, 2.45) is 0 Å². The Bertz CT molecular complexity index is 1040. The molecule has 162 valence electrons. The van der Waals surface area contributed by atoms with Gasteiger partial charge in [0.25, 0.3) is 11.5 Å². The Morgan fingerprint density at radius 1 is 1.20 bits per heavy atom. The molecule has 0 atom stereocenters. The molecule has 1 amide bonds. The van der Waals surface area contributed by atoms with E-state index in [0.717, 1.165) is 4.57 Å². The summed E-state index contributed by atoms with van der Waals surface area (Å²) in [4.78, 5) is 55.0. The van der Waals surface area contributed by atoms with Crippen molar-refractivity contribution in [3.05, 3.63) is 50.1 Å². The molecular weight excluding hydrogens is 394 g/mol. The maximum Gasteiger partial charge on any atom is 0.330 e. The van der Waals surface area contributed by atoms with Crippen LogP contribution < -0.4 is 17.0 Å². The number of aromatic nitrogens is 2. The van der Waals surface area contributed by atoms with Crippen LogP contribution in [0.1, 0.15) is 26.7 Å². The summed E-state index contributed by atoms with van der Waals surface area (Å²) < 4.78 is 11.4. The van der Waals surface area contributed by atoms with Crippen molar-refractivity contribution in [2.75, 3.05) is 52.2 Å². The van der Waals surface area contributed by atoms with Crippen molar-refractivity contribution < 1.29 is 18.7 Å². The summed E-state index contributed by atoms with van der Waals surface area (Å²) >= 11 is 0. The molecule has 2 aromatic rings. The standard InChI is InChI=1S/C19H25N5O6/c1-12-3-4-14(30-12)18(27)23-7-5-22(6-8-23)11-13(25)15-16(20)24(9-10-29-2)19(28)21-17(15)26/h3-4H,5-11,20H2,1-2H3,(H,21,26,28). The highest BCUT2D eigenvalue weighted by atomic mass is 16.5. The average molecular weight is 419 g/mol. The highest BCUT2D eigenvalue weighted by Gasteiger charge is 2.27. The second-order valence-corrected chi connectivity index (χ2v) is 7.07. The largest absolute Gasteiger partial charge is 0.456 e. The zero-order chi connectivity index (χ0) is 21.8. The van der Waals surface area contributed by atoms with Crippen LogP contribution in [0.25, 0.3) is 0 Å². The summed E-state index contributed by atoms with van der Waals surface area (Å²) in [6.45, 7) is 3.80. The van der Waals surface area contributed by atoms with Crippen LogP contribution in [-0.2, 0) is 11.3 Å². The lowest BCUT2D eigenvalue weighted by molar-refractivity contribution is 0.0594. The number of ketones is 1. The Morgan fingerprint density at radius 2 is 1.90 bits per heavy atom. The van der Waals surface area contributed by atoms with E-state index in [9.17, 15) is 19.2 Å². The molecule has 1 saturated heterocycles. The topological polar surface area (TPSA) is 144 Å². The number of rotatable bonds is 7. The molecule has 0 radical (unpaired) electrons. The van der Waals surface area contributed by atoms with E-state index >= 15 is 0 Å². The molecule has 0 bridgehead atoms. The van der Waals surface area contributed by atoms with Crippen molar-refractivity contribution in [1.82, 2.24) is 19.4 Å². The quantitative estimate of drug-likeness (QED) is 0.561. The van der Waals surface area contributed by atoms with Crippen LogP contribution in [0.3, 0.4) is 0 Å². The van der Waals surface area contributed by atoms with E-state index in [1.807, 2.05) is 4.90 Å². The Kier molecular flexibility index (Phi) is 6.53. The van der Waals surface area contributed by atoms with Crippen molar-refractivity contribution in [1.29, 1.82) is 0 Å². The molecule has 2 aromatic heterocycles. The van der Waals surface area contributed by atoms with Gasteiger partial charge in [-0.05, 0) is 19.1 Å². The van der Waals surface area contributed by atoms with E-state index in [1.54, 1.807) is 24.0 Å². The van der Waals surface area contributed by atoms with Crippen molar-refractivity contribution in [2.45, 2.75) is 13.5 Å². The van der Waals surface area contributed by atoms with E-state index in [1.165, 1.54) is 7.11 Å². The van der Waals surface area contributed by atoms with Crippen molar-refractivity contribution in [3.63, 3.8) is 0 Å². The summed E-state index contributed by atoms with van der Waals surface area (Å²) in [5, 5.41) is 0. The van der Waals surface area contributed by atoms with Crippen molar-refractivity contribution >= 4 is 17.5 Å². The minimum Gasteiger partial charge on any atom is -0.456 e. The first-order chi connectivity index (χ1) is 14.3. The molecule has 3 rings (SSSR count). The fraction of sp³-hybridized carbons (Fsp3) is 0.474. The number of nitrogens with one attached hydrogen (secondary N) is 1. The summed E-state index contributed by atoms with van der Waals surface area (Å²) in [6, 6.07) is 3.37. The molecular formula is C19H25N5O6. The van der Waals surface area contributed by atoms with E-state index in [0.29, 0.717) is 31.9 Å². The molecule has 1 aliphatic rings. The summed E-state index contributed by atoms with van der Waals surface area (Å²) in [5.41, 5.74) is 4.21. The predicted octanol–water partition coefficient (Wildman–Crippen LogP) is -0.693. The van der Waals surface area contributed by atoms with Crippen LogP contribution >= 0.6 is 0 Å². The molecule has 1 aliphatic heterocycles. The SMILES string of the molecule is COCCn1c(N)c(C(=O)CN2CCN(C(=O)c3ccc(C)o3)CC2)c(=O)[nH]c1=O. The number of furan rings is 1. The third kappa shape index (κ3) is 4.52. The lowest BCUT2D eigenvalue weighted by atomic mass is 10.1. The third-order valence-corrected chi connectivity index (χ3v) is 5.02. The number of hydrogen-bond acceptors (Lipinski definition) is 8. The minimum absolute atomic E-state index is 0.0440. The van der Waals surface area contributed by atoms with Gasteiger partial charge in [-0.1, -0.05) is 0 Å². The number of H-pyrrole nitrogens is 1. The fourth-order valence-corrected chi connectivity index (χ4v) is 3.36. The number of aryl methyl sites for hydroxylation is 1. The molecule has 11 heteroatoms. The summed E-state index contributed by atoms with van der Waals surface area (Å²) in [6.07, 6.45) is 0. The maximum atomic E-state index is 12.7. The van der Waals surface area contributed by atoms with Gasteiger partial charge in [0, 0.05) is 33.3 Å². The molecule has 3 heterocycles. The number of nitrogen functional groups attached to an aromatic ring is 1. The number of carbonyl (C=O) groups excluding carboxylic acids is 2. The smallest absolute Gasteiger partial charge is 0.330 e. The Morgan fingerprint density at radius 3 is 2.50 bits per heavy atom. The van der Waals surface area contributed by atoms with Crippen LogP contribution in [0.5, 0.6) is 0 Å². The predicted molar refractivity (Wildman–Crippen MR) is 108 cm³/mol. The molecule has 11 nitrogen and oxygen atoms in total. The average Bonchev–Trinajstić information content (AvgIpc) is 3.14. The molecule has 0 unspecified atom stereocenters. The molecule has 1 fully saturated rings. The zero-order valence-electron chi connectivity index (χ0n) is 17.0. The van der Waals surface area contributed by atoms with Gasteiger partial charge in [-0.25, -0.2) is 4.79 Å². The molecule has 0 aliphatic carbocycles. The lowest BCUT2D eigenvalue weighted by Crippen LogP contribution is -2.50. The van der Waals surface area contributed by atoms with Crippen LogP contribution in [0, 0.1) is 6.92 Å². The number of ether oxygens (including phenoxy) is 1. The van der Waals surface area contributed by atoms with Crippen LogP contribution in [0.15, 0.2) is 26.1 Å². The minimum atomic E-state index is -0.807. The zero-order valence-corrected chi connectivity index (χ0v) is 17.0. The molecule has 3 N–H and O–H groups in total. The third-order valence-electron chi connectivity index (χ3n) is 5.02. The van der Waals surface area contributed by atoms with E-state index in [2.05, 4.69) is 4.98 Å². The number of piperazine rings is 1. The highest BCUT2D eigenvalue weighted by molar-refractivity contribution is 6.01. The van der Waals surface area contributed by atoms with E-state index in [-0.39, 0.29) is 42.7 Å². The number of nitrogens with two attached hydrogens (primary N) is 1. The normalized spacial score (nSPS) is 14.8. The second kappa shape index (κ2) is 9.09. The van der Waals surface area contributed by atoms with Crippen LogP contribution in [-0.4, -0.2) is 77.5 Å². The number of Topliss-reactive ketones (excluding diaryl/α,β-unsaturated/α-hetero) is 1. The molecule has 0 aromatic carbocycles. The first-order valence-corrected chi connectivity index (χ1v) is 9.54. The van der Waals surface area contributed by atoms with Crippen LogP contribution in [0.2, 0.25) is 0 Å². The summed E-state index contributed by atoms with van der Waals surface area (Å²) in [7, 11) is 1.47. The maximum absolute atomic E-state index is 12.7. The Hall–Kier alpha value is -3.18. The number of aromatic amines is 1. The van der Waals surface area contributed by atoms with Gasteiger partial charge in [0.05, 0.1) is 19.7 Å². The van der Waals surface area contributed by atoms with Crippen molar-refractivity contribution in [3.8, 4) is 0 Å². The number of amides is 1. The molecule has 0 spiro atoms. The Balaban J connectivity index is 1.65. The van der Waals surface area contributed by atoms with Gasteiger partial charge in [0.15, 0.2) is 11.5 Å². The van der Waals surface area contributed by atoms with Gasteiger partial charge >= 0.3 is 5.69 Å². The lowest BCUT2D eigenvalue weighted by Gasteiger charge is -2.33. The highest BCUT2D eigenvalue weighted by Crippen LogP contribution is 2.13. The first kappa shape index (κ1) is 21.5. The number of hydrogen-bond donors (Lipinski definition) is 2. The van der Waals surface area contributed by atoms with Gasteiger partial charge in [0.2, 0.25) is 0 Å². The Labute approximate surface area is 172 Å². The van der Waals surface area contributed by atoms with Gasteiger partial charge in [-0.3, -0.25) is 28.8 Å². The van der Waals surface area contributed by atoms with Gasteiger partial charge in [0.1, 0.15) is 17.1 Å². The summed E-state index contributed by atoms with van der Waals surface area (Å²) in [5.74, 6) is 0.0982. The number of methoxy groups -OCH3 is 1. The second-order valence-electron chi connectivity index (χ2n) is 7.07. The van der Waals surface area contributed by atoms with Gasteiger partial charge in [-0.15, -0.1) is 0 Å². The number of nitrogens with zero attached hydrogens (tertiary/aromatic N) is 3. The van der Waals surface area contributed by atoms with Gasteiger partial charge < -0.3 is 19.8 Å².